The largest absolute Gasteiger partial charge is 0.368 e. The van der Waals surface area contributed by atoms with Crippen molar-refractivity contribution in [2.45, 2.75) is 0 Å². The Balaban J connectivity index is -0.000000245. The maximum atomic E-state index is 5.25. The first-order valence-electron chi connectivity index (χ1n) is 4.17. The second-order valence-corrected chi connectivity index (χ2v) is 1.63. The van der Waals surface area contributed by atoms with Crippen molar-refractivity contribution in [1.29, 1.82) is 0 Å². The first kappa shape index (κ1) is 19.2. The van der Waals surface area contributed by atoms with Crippen LogP contribution in [-0.4, -0.2) is 22.0 Å². The minimum Gasteiger partial charge on any atom is -0.368 e. The van der Waals surface area contributed by atoms with E-state index in [1.165, 1.54) is 0 Å². The molecule has 0 radical (unpaired) electrons. The van der Waals surface area contributed by atoms with Gasteiger partial charge in [0.1, 0.15) is 0 Å². The Morgan fingerprint density at radius 1 is 0.812 bits per heavy atom. The van der Waals surface area contributed by atoms with Crippen LogP contribution in [0.2, 0.25) is 0 Å². The minimum absolute atomic E-state index is 0.122. The summed E-state index contributed by atoms with van der Waals surface area (Å²) >= 11 is 0. The monoisotopic (exact) mass is 224 g/mol. The Kier molecular flexibility index (Phi) is 18.2. The fourth-order valence-electron chi connectivity index (χ4n) is 0.521. The summed E-state index contributed by atoms with van der Waals surface area (Å²) in [4.78, 5) is 11.0. The van der Waals surface area contributed by atoms with Crippen LogP contribution in [0.15, 0.2) is 39.5 Å². The van der Waals surface area contributed by atoms with Gasteiger partial charge in [0.2, 0.25) is 17.8 Å². The third-order valence-corrected chi connectivity index (χ3v) is 0.894. The van der Waals surface area contributed by atoms with E-state index in [1.54, 1.807) is 7.05 Å². The molecule has 6 nitrogen and oxygen atoms in total. The number of nitrogen functional groups attached to an aromatic ring is 2. The summed E-state index contributed by atoms with van der Waals surface area (Å²) in [5.74, 6) is 0.624. The molecule has 90 valence electrons. The third-order valence-electron chi connectivity index (χ3n) is 0.894. The molecule has 0 bridgehead atoms. The molecule has 0 saturated heterocycles. The van der Waals surface area contributed by atoms with Crippen LogP contribution >= 0.6 is 0 Å². The lowest BCUT2D eigenvalue weighted by atomic mass is 10.8. The molecule has 0 unspecified atom stereocenters. The molecule has 1 aromatic heterocycles. The van der Waals surface area contributed by atoms with Crippen LogP contribution in [-0.2, 0) is 0 Å². The molecule has 0 atom stereocenters. The number of hydrogen-bond donors (Lipinski definition) is 3. The molecular weight excluding hydrogens is 204 g/mol. The van der Waals surface area contributed by atoms with E-state index in [2.05, 4.69) is 59.7 Å². The van der Waals surface area contributed by atoms with Crippen LogP contribution in [0.4, 0.5) is 17.8 Å². The van der Waals surface area contributed by atoms with E-state index in [-0.39, 0.29) is 11.9 Å². The minimum atomic E-state index is 0.122. The molecule has 1 heterocycles. The maximum absolute atomic E-state index is 5.25. The van der Waals surface area contributed by atoms with E-state index in [0.29, 0.717) is 5.95 Å². The van der Waals surface area contributed by atoms with Gasteiger partial charge in [0.15, 0.2) is 0 Å². The van der Waals surface area contributed by atoms with E-state index in [0.717, 1.165) is 0 Å². The molecule has 0 saturated carbocycles. The van der Waals surface area contributed by atoms with Crippen molar-refractivity contribution < 1.29 is 0 Å². The zero-order valence-electron chi connectivity index (χ0n) is 9.74. The Hall–Kier alpha value is -2.37. The molecule has 0 aliphatic carbocycles. The van der Waals surface area contributed by atoms with E-state index in [1.807, 2.05) is 0 Å². The summed E-state index contributed by atoms with van der Waals surface area (Å²) in [7, 11) is 1.67. The van der Waals surface area contributed by atoms with Crippen molar-refractivity contribution >= 4 is 17.8 Å². The SMILES string of the molecule is C=C.C=C.C=C.CNc1nc(N)nc(N)n1. The van der Waals surface area contributed by atoms with E-state index >= 15 is 0 Å². The standard InChI is InChI=1S/C4H8N6.3C2H4/c1-7-4-9-2(5)8-3(6)10-4;3*1-2/h1H3,(H5,5,6,7,8,9,10);3*1-2H2. The second kappa shape index (κ2) is 15.1. The van der Waals surface area contributed by atoms with Gasteiger partial charge in [-0.05, 0) is 0 Å². The molecule has 16 heavy (non-hydrogen) atoms. The average Bonchev–Trinajstić information content (AvgIpc) is 2.35. The van der Waals surface area contributed by atoms with Gasteiger partial charge in [-0.2, -0.15) is 15.0 Å². The van der Waals surface area contributed by atoms with Gasteiger partial charge >= 0.3 is 0 Å². The predicted molar refractivity (Wildman–Crippen MR) is 72.0 cm³/mol. The molecule has 0 aromatic carbocycles. The summed E-state index contributed by atoms with van der Waals surface area (Å²) in [5.41, 5.74) is 10.5. The zero-order chi connectivity index (χ0) is 13.6. The average molecular weight is 224 g/mol. The van der Waals surface area contributed by atoms with Gasteiger partial charge in [0, 0.05) is 7.05 Å². The Bertz CT molecular complexity index is 251. The van der Waals surface area contributed by atoms with Gasteiger partial charge in [-0.3, -0.25) is 0 Å². The van der Waals surface area contributed by atoms with Crippen molar-refractivity contribution in [3.05, 3.63) is 39.5 Å². The number of nitrogens with zero attached hydrogens (tertiary/aromatic N) is 3. The number of aromatic nitrogens is 3. The number of rotatable bonds is 1. The van der Waals surface area contributed by atoms with Crippen molar-refractivity contribution in [2.24, 2.45) is 0 Å². The van der Waals surface area contributed by atoms with Gasteiger partial charge < -0.3 is 16.8 Å². The molecule has 1 aromatic rings. The lowest BCUT2D eigenvalue weighted by molar-refractivity contribution is 1.07. The van der Waals surface area contributed by atoms with Gasteiger partial charge in [-0.25, -0.2) is 0 Å². The van der Waals surface area contributed by atoms with Gasteiger partial charge in [-0.1, -0.05) is 0 Å². The van der Waals surface area contributed by atoms with Gasteiger partial charge in [-0.15, -0.1) is 39.5 Å². The van der Waals surface area contributed by atoms with Crippen LogP contribution in [0.25, 0.3) is 0 Å². The van der Waals surface area contributed by atoms with E-state index in [4.69, 9.17) is 11.5 Å². The Morgan fingerprint density at radius 3 is 1.38 bits per heavy atom. The number of hydrogen-bond acceptors (Lipinski definition) is 6. The first-order chi connectivity index (χ1) is 7.72. The molecule has 1 rings (SSSR count). The quantitative estimate of drug-likeness (QED) is 0.624. The summed E-state index contributed by atoms with van der Waals surface area (Å²) in [6.45, 7) is 18.0. The van der Waals surface area contributed by atoms with Crippen LogP contribution in [0.1, 0.15) is 0 Å². The zero-order valence-corrected chi connectivity index (χ0v) is 9.74. The van der Waals surface area contributed by atoms with Crippen LogP contribution in [0.5, 0.6) is 0 Å². The van der Waals surface area contributed by atoms with Gasteiger partial charge in [0.25, 0.3) is 0 Å². The number of nitrogens with one attached hydrogen (secondary N) is 1. The molecule has 0 aliphatic rings. The fraction of sp³-hybridized carbons (Fsp3) is 0.100. The number of nitrogens with two attached hydrogens (primary N) is 2. The summed E-state index contributed by atoms with van der Waals surface area (Å²) in [6, 6.07) is 0. The molecule has 0 aliphatic heterocycles. The van der Waals surface area contributed by atoms with Crippen LogP contribution < -0.4 is 16.8 Å². The molecular formula is C10H20N6. The van der Waals surface area contributed by atoms with Gasteiger partial charge in [0.05, 0.1) is 0 Å². The fourth-order valence-corrected chi connectivity index (χ4v) is 0.521. The Morgan fingerprint density at radius 2 is 1.12 bits per heavy atom. The molecule has 0 fully saturated rings. The summed E-state index contributed by atoms with van der Waals surface area (Å²) < 4.78 is 0. The lowest BCUT2D eigenvalue weighted by Crippen LogP contribution is -2.06. The normalized spacial score (nSPS) is 6.56. The second-order valence-electron chi connectivity index (χ2n) is 1.63. The van der Waals surface area contributed by atoms with Crippen molar-refractivity contribution in [3.8, 4) is 0 Å². The highest BCUT2D eigenvalue weighted by Gasteiger charge is 1.96. The third kappa shape index (κ3) is 9.72. The van der Waals surface area contributed by atoms with Crippen molar-refractivity contribution in [3.63, 3.8) is 0 Å². The summed E-state index contributed by atoms with van der Waals surface area (Å²) in [5, 5.41) is 2.69. The molecule has 5 N–H and O–H groups in total. The highest BCUT2D eigenvalue weighted by Crippen LogP contribution is 2.00. The first-order valence-corrected chi connectivity index (χ1v) is 4.17. The van der Waals surface area contributed by atoms with Crippen LogP contribution in [0.3, 0.4) is 0 Å². The van der Waals surface area contributed by atoms with Crippen molar-refractivity contribution in [1.82, 2.24) is 15.0 Å². The molecule has 0 amide bonds. The highest BCUT2D eigenvalue weighted by atomic mass is 15.2. The smallest absolute Gasteiger partial charge is 0.229 e. The maximum Gasteiger partial charge on any atom is 0.229 e. The lowest BCUT2D eigenvalue weighted by Gasteiger charge is -1.98. The number of anilines is 3. The summed E-state index contributed by atoms with van der Waals surface area (Å²) in [6.07, 6.45) is 0. The topological polar surface area (TPSA) is 103 Å². The molecule has 6 heteroatoms. The van der Waals surface area contributed by atoms with E-state index in [9.17, 15) is 0 Å². The highest BCUT2D eigenvalue weighted by molar-refractivity contribution is 5.36. The Labute approximate surface area is 96.8 Å². The van der Waals surface area contributed by atoms with Crippen LogP contribution in [0, 0.1) is 0 Å². The molecule has 0 spiro atoms. The predicted octanol–water partition coefficient (Wildman–Crippen LogP) is 1.48. The van der Waals surface area contributed by atoms with E-state index < -0.39 is 0 Å². The van der Waals surface area contributed by atoms with Crippen molar-refractivity contribution in [2.75, 3.05) is 23.8 Å².